The second kappa shape index (κ2) is 10.8. The number of rotatable bonds is 7. The highest BCUT2D eigenvalue weighted by Gasteiger charge is 2.28. The number of aliphatic imine (C=N–C) groups is 1. The molecule has 194 valence electrons. The Morgan fingerprint density at radius 1 is 1.11 bits per heavy atom. The molecule has 2 aromatic rings. The molecule has 36 heavy (non-hydrogen) atoms. The van der Waals surface area contributed by atoms with E-state index in [2.05, 4.69) is 41.1 Å². The number of fused-ring (bicyclic) bond motifs is 1. The first kappa shape index (κ1) is 26.4. The van der Waals surface area contributed by atoms with Gasteiger partial charge in [0.1, 0.15) is 5.82 Å². The van der Waals surface area contributed by atoms with Gasteiger partial charge in [0.05, 0.1) is 6.54 Å². The van der Waals surface area contributed by atoms with Crippen LogP contribution in [0.2, 0.25) is 5.02 Å². The monoisotopic (exact) mass is 511 g/mol. The third-order valence-electron chi connectivity index (χ3n) is 7.80. The number of aromatic nitrogens is 1. The summed E-state index contributed by atoms with van der Waals surface area (Å²) in [4.78, 5) is 35.5. The molecule has 0 bridgehead atoms. The van der Waals surface area contributed by atoms with Crippen molar-refractivity contribution in [2.24, 2.45) is 4.99 Å². The topological polar surface area (TPSA) is 69.9 Å². The van der Waals surface area contributed by atoms with Crippen LogP contribution in [0.1, 0.15) is 66.6 Å². The minimum Gasteiger partial charge on any atom is -0.369 e. The minimum atomic E-state index is -0.222. The molecule has 1 fully saturated rings. The van der Waals surface area contributed by atoms with E-state index in [9.17, 15) is 9.59 Å². The first-order chi connectivity index (χ1) is 17.1. The number of anilines is 1. The molecule has 1 aliphatic heterocycles. The van der Waals surface area contributed by atoms with Gasteiger partial charge in [-0.1, -0.05) is 11.6 Å². The second-order valence-electron chi connectivity index (χ2n) is 10.4. The van der Waals surface area contributed by atoms with Crippen molar-refractivity contribution in [2.45, 2.75) is 78.6 Å². The van der Waals surface area contributed by atoms with E-state index in [4.69, 9.17) is 11.6 Å². The Kier molecular flexibility index (Phi) is 7.90. The number of nitrogens with zero attached hydrogens (tertiary/aromatic N) is 4. The van der Waals surface area contributed by atoms with E-state index in [1.54, 1.807) is 10.6 Å². The third kappa shape index (κ3) is 5.23. The fourth-order valence-corrected chi connectivity index (χ4v) is 5.90. The molecule has 0 spiro atoms. The predicted molar refractivity (Wildman–Crippen MR) is 148 cm³/mol. The lowest BCUT2D eigenvalue weighted by Gasteiger charge is -2.40. The van der Waals surface area contributed by atoms with Crippen LogP contribution >= 0.6 is 11.6 Å². The summed E-state index contributed by atoms with van der Waals surface area (Å²) in [6.45, 7) is 9.46. The van der Waals surface area contributed by atoms with Crippen LogP contribution in [-0.4, -0.2) is 53.8 Å². The summed E-state index contributed by atoms with van der Waals surface area (Å²) >= 11 is 6.54. The molecule has 0 unspecified atom stereocenters. The number of pyridine rings is 1. The Labute approximate surface area is 219 Å². The third-order valence-corrected chi connectivity index (χ3v) is 8.01. The number of hydrogen-bond donors (Lipinski definition) is 1. The number of amides is 1. The molecule has 2 aliphatic rings. The molecule has 1 aliphatic carbocycles. The van der Waals surface area contributed by atoms with Crippen LogP contribution in [0.15, 0.2) is 28.0 Å². The number of hydrogen-bond acceptors (Lipinski definition) is 5. The maximum Gasteiger partial charge on any atom is 0.257 e. The smallest absolute Gasteiger partial charge is 0.257 e. The Hall–Kier alpha value is -2.64. The zero-order chi connectivity index (χ0) is 26.1. The average Bonchev–Trinajstić information content (AvgIpc) is 3.21. The van der Waals surface area contributed by atoms with Gasteiger partial charge in [0.25, 0.3) is 11.5 Å². The van der Waals surface area contributed by atoms with Crippen molar-refractivity contribution in [1.82, 2.24) is 14.8 Å². The molecule has 8 heteroatoms. The molecule has 0 saturated heterocycles. The zero-order valence-corrected chi connectivity index (χ0v) is 23.1. The van der Waals surface area contributed by atoms with Crippen LogP contribution in [0.5, 0.6) is 0 Å². The molecule has 2 heterocycles. The van der Waals surface area contributed by atoms with E-state index in [1.807, 2.05) is 32.9 Å². The van der Waals surface area contributed by atoms with Crippen LogP contribution in [0.3, 0.4) is 0 Å². The lowest BCUT2D eigenvalue weighted by molar-refractivity contribution is 0.0950. The summed E-state index contributed by atoms with van der Waals surface area (Å²) in [7, 11) is 4.31. The van der Waals surface area contributed by atoms with E-state index in [0.29, 0.717) is 40.6 Å². The van der Waals surface area contributed by atoms with Gasteiger partial charge in [-0.25, -0.2) is 4.99 Å². The van der Waals surface area contributed by atoms with Crippen LogP contribution in [0.25, 0.3) is 0 Å². The van der Waals surface area contributed by atoms with Crippen molar-refractivity contribution in [2.75, 3.05) is 25.5 Å². The molecule has 1 aromatic heterocycles. The Morgan fingerprint density at radius 2 is 1.78 bits per heavy atom. The minimum absolute atomic E-state index is 0.0973. The van der Waals surface area contributed by atoms with Gasteiger partial charge in [-0.2, -0.15) is 0 Å². The van der Waals surface area contributed by atoms with Gasteiger partial charge in [0, 0.05) is 52.7 Å². The number of benzene rings is 1. The zero-order valence-electron chi connectivity index (χ0n) is 22.3. The predicted octanol–water partition coefficient (Wildman–Crippen LogP) is 4.85. The molecule has 4 rings (SSSR count). The van der Waals surface area contributed by atoms with Gasteiger partial charge in [-0.3, -0.25) is 14.2 Å². The van der Waals surface area contributed by atoms with E-state index < -0.39 is 0 Å². The molecular formula is C28H38ClN5O2. The molecule has 1 saturated carbocycles. The number of nitrogens with one attached hydrogen (secondary N) is 1. The fourth-order valence-electron chi connectivity index (χ4n) is 5.69. The van der Waals surface area contributed by atoms with Crippen LogP contribution in [0.4, 0.5) is 11.5 Å². The SMILES string of the molecule is CCN(c1cc(Cl)cc(C(=O)NCc2c(C)cc3n(c2=O)CC(C)=N3)c1C)C1CCC(N(C)C)CC1. The van der Waals surface area contributed by atoms with Crippen molar-refractivity contribution in [3.63, 3.8) is 0 Å². The highest BCUT2D eigenvalue weighted by atomic mass is 35.5. The highest BCUT2D eigenvalue weighted by molar-refractivity contribution is 6.31. The lowest BCUT2D eigenvalue weighted by Crippen LogP contribution is -2.42. The lowest BCUT2D eigenvalue weighted by atomic mass is 9.89. The first-order valence-electron chi connectivity index (χ1n) is 12.9. The molecule has 1 aromatic carbocycles. The molecule has 1 amide bonds. The molecule has 7 nitrogen and oxygen atoms in total. The summed E-state index contributed by atoms with van der Waals surface area (Å²) in [6, 6.07) is 6.68. The second-order valence-corrected chi connectivity index (χ2v) is 10.8. The van der Waals surface area contributed by atoms with Gasteiger partial charge in [-0.15, -0.1) is 0 Å². The fraction of sp³-hybridized carbons (Fsp3) is 0.536. The molecule has 0 radical (unpaired) electrons. The van der Waals surface area contributed by atoms with Gasteiger partial charge in [0.15, 0.2) is 0 Å². The van der Waals surface area contributed by atoms with Gasteiger partial charge >= 0.3 is 0 Å². The van der Waals surface area contributed by atoms with E-state index in [0.717, 1.165) is 41.9 Å². The van der Waals surface area contributed by atoms with Crippen molar-refractivity contribution >= 4 is 34.7 Å². The number of aryl methyl sites for hydroxylation is 1. The first-order valence-corrected chi connectivity index (χ1v) is 13.3. The Morgan fingerprint density at radius 3 is 2.42 bits per heavy atom. The van der Waals surface area contributed by atoms with E-state index in [1.165, 1.54) is 12.8 Å². The van der Waals surface area contributed by atoms with E-state index >= 15 is 0 Å². The van der Waals surface area contributed by atoms with Crippen molar-refractivity contribution < 1.29 is 4.79 Å². The Balaban J connectivity index is 1.54. The van der Waals surface area contributed by atoms with Gasteiger partial charge in [-0.05, 0) is 96.8 Å². The number of carbonyl (C=O) groups excluding carboxylic acids is 1. The number of halogens is 1. The normalized spacial score (nSPS) is 19.3. The quantitative estimate of drug-likeness (QED) is 0.576. The van der Waals surface area contributed by atoms with Crippen LogP contribution < -0.4 is 15.8 Å². The molecule has 1 N–H and O–H groups in total. The van der Waals surface area contributed by atoms with Crippen LogP contribution in [0, 0.1) is 13.8 Å². The molecular weight excluding hydrogens is 474 g/mol. The van der Waals surface area contributed by atoms with Crippen LogP contribution in [-0.2, 0) is 13.1 Å². The van der Waals surface area contributed by atoms with Crippen molar-refractivity contribution in [3.05, 3.63) is 55.8 Å². The van der Waals surface area contributed by atoms with Gasteiger partial charge < -0.3 is 15.1 Å². The largest absolute Gasteiger partial charge is 0.369 e. The van der Waals surface area contributed by atoms with Crippen molar-refractivity contribution in [3.8, 4) is 0 Å². The summed E-state index contributed by atoms with van der Waals surface area (Å²) in [6.07, 6.45) is 4.58. The standard InChI is InChI=1S/C28H38ClN5O2/c1-7-33(22-10-8-21(9-11-22)32(5)6)25-14-20(29)13-23(19(25)4)27(35)30-15-24-17(2)12-26-31-18(3)16-34(26)28(24)36/h12-14,21-22H,7-11,15-16H2,1-6H3,(H,30,35). The maximum absolute atomic E-state index is 13.3. The summed E-state index contributed by atoms with van der Waals surface area (Å²) < 4.78 is 1.66. The highest BCUT2D eigenvalue weighted by Crippen LogP contribution is 2.34. The van der Waals surface area contributed by atoms with Crippen molar-refractivity contribution in [1.29, 1.82) is 0 Å². The number of carbonyl (C=O) groups is 1. The maximum atomic E-state index is 13.3. The average molecular weight is 512 g/mol. The summed E-state index contributed by atoms with van der Waals surface area (Å²) in [5.41, 5.74) is 4.72. The summed E-state index contributed by atoms with van der Waals surface area (Å²) in [5, 5.41) is 3.52. The Bertz CT molecular complexity index is 1240. The van der Waals surface area contributed by atoms with Gasteiger partial charge in [0.2, 0.25) is 0 Å². The summed E-state index contributed by atoms with van der Waals surface area (Å²) in [5.74, 6) is 0.458. The van der Waals surface area contributed by atoms with E-state index in [-0.39, 0.29) is 18.0 Å². The molecule has 0 atom stereocenters.